The van der Waals surface area contributed by atoms with Crippen LogP contribution in [-0.2, 0) is 23.2 Å². The summed E-state index contributed by atoms with van der Waals surface area (Å²) in [5.41, 5.74) is 4.43. The number of rotatable bonds is 4. The van der Waals surface area contributed by atoms with Gasteiger partial charge in [-0.2, -0.15) is 31.6 Å². The van der Waals surface area contributed by atoms with Gasteiger partial charge in [-0.3, -0.25) is 0 Å². The van der Waals surface area contributed by atoms with Gasteiger partial charge in [0.15, 0.2) is 0 Å². The van der Waals surface area contributed by atoms with Crippen LogP contribution in [0.25, 0.3) is 77.2 Å². The maximum absolute atomic E-state index is 14.8. The van der Waals surface area contributed by atoms with Gasteiger partial charge in [0.2, 0.25) is 0 Å². The van der Waals surface area contributed by atoms with Crippen LogP contribution >= 0.6 is 0 Å². The molecule has 0 aliphatic rings. The van der Waals surface area contributed by atoms with E-state index in [9.17, 15) is 31.6 Å². The summed E-state index contributed by atoms with van der Waals surface area (Å²) < 4.78 is 90.4. The van der Waals surface area contributed by atoms with E-state index in [1.54, 1.807) is 24.3 Å². The highest BCUT2D eigenvalue weighted by molar-refractivity contribution is 6.12. The first-order valence-corrected chi connectivity index (χ1v) is 20.3. The number of hydrogen-bond acceptors (Lipinski definition) is 1. The van der Waals surface area contributed by atoms with Gasteiger partial charge < -0.3 is 9.13 Å². The molecular weight excluding hydrogens is 793 g/mol. The van der Waals surface area contributed by atoms with E-state index in [4.69, 9.17) is 0 Å². The minimum atomic E-state index is -5.11. The third-order valence-electron chi connectivity index (χ3n) is 12.0. The molecule has 9 aromatic rings. The van der Waals surface area contributed by atoms with Crippen LogP contribution in [0.2, 0.25) is 0 Å². The standard InChI is InChI=1S/C53H41F6N3/c1-50(2,3)33-20-24-45-39(27-33)37-13-7-9-15-43(37)61(45)47-23-18-31(36-22-19-35(52(54,55)56)29-42(36)53(57,58)59)26-41(47)49-32(30-60)12-11-17-48(49)62-44-16-10-8-14-38(44)40-28-34(51(4,5)6)21-25-46(40)62/h7-29H,1-6H3. The molecule has 0 aliphatic carbocycles. The summed E-state index contributed by atoms with van der Waals surface area (Å²) in [5, 5.41) is 14.8. The maximum Gasteiger partial charge on any atom is 0.417 e. The molecule has 0 aliphatic heterocycles. The molecule has 0 N–H and O–H groups in total. The molecule has 7 aromatic carbocycles. The van der Waals surface area contributed by atoms with E-state index >= 15 is 0 Å². The first kappa shape index (κ1) is 40.6. The van der Waals surface area contributed by atoms with E-state index in [-0.39, 0.29) is 28.0 Å². The highest BCUT2D eigenvalue weighted by atomic mass is 19.4. The van der Waals surface area contributed by atoms with Gasteiger partial charge >= 0.3 is 12.4 Å². The van der Waals surface area contributed by atoms with E-state index < -0.39 is 29.0 Å². The molecule has 310 valence electrons. The number of halogens is 6. The Kier molecular flexibility index (Phi) is 9.26. The molecule has 0 saturated heterocycles. The first-order valence-electron chi connectivity index (χ1n) is 20.3. The summed E-state index contributed by atoms with van der Waals surface area (Å²) in [6.07, 6.45) is -10.1. The monoisotopic (exact) mass is 833 g/mol. The topological polar surface area (TPSA) is 33.6 Å². The lowest BCUT2D eigenvalue weighted by atomic mass is 9.86. The fraction of sp³-hybridized carbons (Fsp3) is 0.189. The summed E-state index contributed by atoms with van der Waals surface area (Å²) in [7, 11) is 0. The second-order valence-corrected chi connectivity index (χ2v) is 18.0. The number of nitrogens with zero attached hydrogens (tertiary/aromatic N) is 3. The molecule has 0 fully saturated rings. The number of para-hydroxylation sites is 2. The van der Waals surface area contributed by atoms with Crippen LogP contribution in [0.5, 0.6) is 0 Å². The van der Waals surface area contributed by atoms with Crippen molar-refractivity contribution in [1.29, 1.82) is 5.26 Å². The van der Waals surface area contributed by atoms with E-state index in [1.807, 2.05) is 60.7 Å². The molecule has 9 heteroatoms. The van der Waals surface area contributed by atoms with Crippen LogP contribution in [0.15, 0.2) is 140 Å². The molecule has 3 nitrogen and oxygen atoms in total. The van der Waals surface area contributed by atoms with Gasteiger partial charge in [0.05, 0.1) is 56.2 Å². The molecule has 0 unspecified atom stereocenters. The van der Waals surface area contributed by atoms with E-state index in [0.29, 0.717) is 28.6 Å². The largest absolute Gasteiger partial charge is 0.417 e. The highest BCUT2D eigenvalue weighted by Gasteiger charge is 2.39. The molecule has 2 aromatic heterocycles. The Morgan fingerprint density at radius 3 is 1.47 bits per heavy atom. The second kappa shape index (κ2) is 14.1. The van der Waals surface area contributed by atoms with Gasteiger partial charge in [-0.05, 0) is 106 Å². The second-order valence-electron chi connectivity index (χ2n) is 18.0. The predicted octanol–water partition coefficient (Wildman–Crippen LogP) is 15.7. The van der Waals surface area contributed by atoms with Crippen molar-refractivity contribution in [3.63, 3.8) is 0 Å². The summed E-state index contributed by atoms with van der Waals surface area (Å²) in [5.74, 6) is 0. The van der Waals surface area contributed by atoms with Gasteiger partial charge in [-0.15, -0.1) is 0 Å². The normalized spacial score (nSPS) is 12.8. The lowest BCUT2D eigenvalue weighted by molar-refractivity contribution is -0.142. The zero-order chi connectivity index (χ0) is 44.1. The Bertz CT molecular complexity index is 3300. The molecule has 0 atom stereocenters. The first-order chi connectivity index (χ1) is 29.3. The van der Waals surface area contributed by atoms with Crippen molar-refractivity contribution in [3.05, 3.63) is 167 Å². The molecule has 0 amide bonds. The summed E-state index contributed by atoms with van der Waals surface area (Å²) in [6.45, 7) is 12.9. The zero-order valence-corrected chi connectivity index (χ0v) is 34.9. The van der Waals surface area contributed by atoms with E-state index in [0.717, 1.165) is 60.8 Å². The Morgan fingerprint density at radius 1 is 0.435 bits per heavy atom. The van der Waals surface area contributed by atoms with Crippen molar-refractivity contribution in [3.8, 4) is 39.7 Å². The SMILES string of the molecule is CC(C)(C)c1ccc2c(c1)c1ccccc1n2-c1ccc(-c2ccc(C(F)(F)F)cc2C(F)(F)F)cc1-c1c(C#N)cccc1-n1c2ccccc2c2cc(C(C)(C)C)ccc21. The summed E-state index contributed by atoms with van der Waals surface area (Å²) in [6, 6.07) is 42.8. The van der Waals surface area contributed by atoms with Gasteiger partial charge in [0.25, 0.3) is 0 Å². The predicted molar refractivity (Wildman–Crippen MR) is 238 cm³/mol. The third-order valence-corrected chi connectivity index (χ3v) is 12.0. The van der Waals surface area contributed by atoms with Gasteiger partial charge in [0, 0.05) is 32.7 Å². The average Bonchev–Trinajstić information content (AvgIpc) is 3.74. The molecule has 0 radical (unpaired) electrons. The molecular formula is C53H41F6N3. The molecule has 0 saturated carbocycles. The zero-order valence-electron chi connectivity index (χ0n) is 34.9. The van der Waals surface area contributed by atoms with Crippen molar-refractivity contribution < 1.29 is 26.3 Å². The molecule has 9 rings (SSSR count). The third kappa shape index (κ3) is 6.69. The van der Waals surface area contributed by atoms with Crippen LogP contribution in [0.3, 0.4) is 0 Å². The van der Waals surface area contributed by atoms with Crippen LogP contribution in [0, 0.1) is 11.3 Å². The minimum Gasteiger partial charge on any atom is -0.309 e. The van der Waals surface area contributed by atoms with Crippen molar-refractivity contribution in [2.75, 3.05) is 0 Å². The van der Waals surface area contributed by atoms with Crippen LogP contribution in [-0.4, -0.2) is 9.13 Å². The van der Waals surface area contributed by atoms with Crippen molar-refractivity contribution >= 4 is 43.6 Å². The lowest BCUT2D eigenvalue weighted by Gasteiger charge is -2.22. The van der Waals surface area contributed by atoms with Crippen molar-refractivity contribution in [2.24, 2.45) is 0 Å². The number of hydrogen-bond donors (Lipinski definition) is 0. The fourth-order valence-electron chi connectivity index (χ4n) is 8.81. The highest BCUT2D eigenvalue weighted by Crippen LogP contribution is 2.47. The number of alkyl halides is 6. The Hall–Kier alpha value is -6.79. The van der Waals surface area contributed by atoms with Gasteiger partial charge in [0.1, 0.15) is 0 Å². The van der Waals surface area contributed by atoms with Crippen LogP contribution in [0.4, 0.5) is 26.3 Å². The fourth-order valence-corrected chi connectivity index (χ4v) is 8.81. The lowest BCUT2D eigenvalue weighted by Crippen LogP contribution is -2.12. The van der Waals surface area contributed by atoms with E-state index in [2.05, 4.69) is 87.1 Å². The van der Waals surface area contributed by atoms with Crippen molar-refractivity contribution in [2.45, 2.75) is 64.7 Å². The Balaban J connectivity index is 1.43. The summed E-state index contributed by atoms with van der Waals surface area (Å²) in [4.78, 5) is 0. The van der Waals surface area contributed by atoms with Crippen molar-refractivity contribution in [1.82, 2.24) is 9.13 Å². The van der Waals surface area contributed by atoms with Crippen LogP contribution < -0.4 is 0 Å². The van der Waals surface area contributed by atoms with Crippen LogP contribution in [0.1, 0.15) is 69.4 Å². The Morgan fingerprint density at radius 2 is 0.952 bits per heavy atom. The minimum absolute atomic E-state index is 0.0383. The number of aromatic nitrogens is 2. The van der Waals surface area contributed by atoms with E-state index in [1.165, 1.54) is 6.07 Å². The number of benzene rings is 7. The quantitative estimate of drug-likeness (QED) is 0.163. The van der Waals surface area contributed by atoms with Gasteiger partial charge in [-0.1, -0.05) is 108 Å². The molecule has 62 heavy (non-hydrogen) atoms. The van der Waals surface area contributed by atoms with Gasteiger partial charge in [-0.25, -0.2) is 0 Å². The average molecular weight is 834 g/mol. The number of nitriles is 1. The molecule has 0 bridgehead atoms. The summed E-state index contributed by atoms with van der Waals surface area (Å²) >= 11 is 0. The maximum atomic E-state index is 14.8. The smallest absolute Gasteiger partial charge is 0.309 e. The molecule has 2 heterocycles. The number of fused-ring (bicyclic) bond motifs is 6. The molecule has 0 spiro atoms. The Labute approximate surface area is 355 Å².